The molecule has 0 radical (unpaired) electrons. The van der Waals surface area contributed by atoms with Crippen molar-refractivity contribution in [2.75, 3.05) is 19.6 Å². The normalized spacial score (nSPS) is 16.0. The highest BCUT2D eigenvalue weighted by Crippen LogP contribution is 2.22. The number of benzene rings is 1. The van der Waals surface area contributed by atoms with Gasteiger partial charge >= 0.3 is 0 Å². The molecule has 1 fully saturated rings. The van der Waals surface area contributed by atoms with E-state index in [9.17, 15) is 4.79 Å². The van der Waals surface area contributed by atoms with E-state index in [-0.39, 0.29) is 5.91 Å². The number of unbranched alkanes of at least 4 members (excludes halogenated alkanes) is 1. The first kappa shape index (κ1) is 18.8. The van der Waals surface area contributed by atoms with Gasteiger partial charge in [-0.1, -0.05) is 25.5 Å². The van der Waals surface area contributed by atoms with Gasteiger partial charge in [0.25, 0.3) is 0 Å². The minimum atomic E-state index is 0.218. The zero-order valence-corrected chi connectivity index (χ0v) is 15.9. The molecular formula is C22H31N3O. The molecule has 1 aromatic heterocycles. The number of pyridine rings is 1. The SMILES string of the molecule is CCCCC(=O)NCCC1CCN(Cc2ccc3ncccc3c2)CC1. The molecule has 0 aliphatic carbocycles. The molecule has 0 spiro atoms. The summed E-state index contributed by atoms with van der Waals surface area (Å²) < 4.78 is 0. The van der Waals surface area contributed by atoms with Crippen molar-refractivity contribution in [1.82, 2.24) is 15.2 Å². The maximum absolute atomic E-state index is 11.7. The van der Waals surface area contributed by atoms with Crippen molar-refractivity contribution in [3.8, 4) is 0 Å². The van der Waals surface area contributed by atoms with E-state index in [2.05, 4.69) is 46.4 Å². The number of fused-ring (bicyclic) bond motifs is 1. The smallest absolute Gasteiger partial charge is 0.219 e. The topological polar surface area (TPSA) is 45.2 Å². The molecule has 1 N–H and O–H groups in total. The quantitative estimate of drug-likeness (QED) is 0.776. The fraction of sp³-hybridized carbons (Fsp3) is 0.545. The zero-order valence-electron chi connectivity index (χ0n) is 15.9. The Bertz CT molecular complexity index is 707. The standard InChI is InChI=1S/C22H31N3O/c1-2-3-6-22(26)24-13-9-18-10-14-25(15-11-18)17-19-7-8-21-20(16-19)5-4-12-23-21/h4-5,7-8,12,16,18H,2-3,6,9-11,13-15,17H2,1H3,(H,24,26). The van der Waals surface area contributed by atoms with Gasteiger partial charge < -0.3 is 5.32 Å². The van der Waals surface area contributed by atoms with Gasteiger partial charge in [0.05, 0.1) is 5.52 Å². The maximum atomic E-state index is 11.7. The van der Waals surface area contributed by atoms with Gasteiger partial charge in [0.1, 0.15) is 0 Å². The Labute approximate surface area is 157 Å². The van der Waals surface area contributed by atoms with Gasteiger partial charge in [0.2, 0.25) is 5.91 Å². The molecule has 0 atom stereocenters. The van der Waals surface area contributed by atoms with E-state index in [0.29, 0.717) is 6.42 Å². The molecule has 0 bridgehead atoms. The third-order valence-electron chi connectivity index (χ3n) is 5.41. The molecule has 1 aliphatic heterocycles. The Hall–Kier alpha value is -1.94. The summed E-state index contributed by atoms with van der Waals surface area (Å²) in [6, 6.07) is 10.7. The second-order valence-corrected chi connectivity index (χ2v) is 7.49. The van der Waals surface area contributed by atoms with Crippen LogP contribution in [0.2, 0.25) is 0 Å². The van der Waals surface area contributed by atoms with Crippen LogP contribution in [-0.4, -0.2) is 35.4 Å². The predicted molar refractivity (Wildman–Crippen MR) is 107 cm³/mol. The summed E-state index contributed by atoms with van der Waals surface area (Å²) >= 11 is 0. The number of rotatable bonds is 8. The van der Waals surface area contributed by atoms with Crippen LogP contribution in [-0.2, 0) is 11.3 Å². The summed E-state index contributed by atoms with van der Waals surface area (Å²) in [5, 5.41) is 4.30. The van der Waals surface area contributed by atoms with Gasteiger partial charge in [-0.2, -0.15) is 0 Å². The summed E-state index contributed by atoms with van der Waals surface area (Å²) in [7, 11) is 0. The molecule has 1 aliphatic rings. The van der Waals surface area contributed by atoms with Crippen LogP contribution in [0, 0.1) is 5.92 Å². The zero-order chi connectivity index (χ0) is 18.2. The summed E-state index contributed by atoms with van der Waals surface area (Å²) in [6.45, 7) is 6.28. The Morgan fingerprint density at radius 3 is 2.92 bits per heavy atom. The minimum Gasteiger partial charge on any atom is -0.356 e. The van der Waals surface area contributed by atoms with Crippen molar-refractivity contribution >= 4 is 16.8 Å². The molecule has 1 aromatic carbocycles. The van der Waals surface area contributed by atoms with Crippen LogP contribution in [0.3, 0.4) is 0 Å². The number of carbonyl (C=O) groups excluding carboxylic acids is 1. The Morgan fingerprint density at radius 2 is 2.12 bits per heavy atom. The van der Waals surface area contributed by atoms with Crippen molar-refractivity contribution in [2.45, 2.75) is 52.0 Å². The first-order valence-electron chi connectivity index (χ1n) is 10.1. The van der Waals surface area contributed by atoms with Crippen LogP contribution in [0.25, 0.3) is 10.9 Å². The lowest BCUT2D eigenvalue weighted by Gasteiger charge is -2.32. The Kier molecular flexibility index (Phi) is 7.01. The number of amides is 1. The molecule has 1 saturated heterocycles. The van der Waals surface area contributed by atoms with Crippen molar-refractivity contribution in [1.29, 1.82) is 0 Å². The average molecular weight is 354 g/mol. The van der Waals surface area contributed by atoms with Crippen LogP contribution in [0.1, 0.15) is 51.0 Å². The van der Waals surface area contributed by atoms with Crippen molar-refractivity contribution < 1.29 is 4.79 Å². The molecule has 2 aromatic rings. The van der Waals surface area contributed by atoms with Crippen LogP contribution in [0.15, 0.2) is 36.5 Å². The van der Waals surface area contributed by atoms with Crippen molar-refractivity contribution in [3.63, 3.8) is 0 Å². The molecule has 26 heavy (non-hydrogen) atoms. The lowest BCUT2D eigenvalue weighted by atomic mass is 9.93. The van der Waals surface area contributed by atoms with E-state index >= 15 is 0 Å². The van der Waals surface area contributed by atoms with E-state index in [1.165, 1.54) is 23.8 Å². The molecule has 4 heteroatoms. The molecular weight excluding hydrogens is 322 g/mol. The van der Waals surface area contributed by atoms with Crippen LogP contribution in [0.5, 0.6) is 0 Å². The summed E-state index contributed by atoms with van der Waals surface area (Å²) in [6.07, 6.45) is 8.19. The third-order valence-corrected chi connectivity index (χ3v) is 5.41. The second-order valence-electron chi connectivity index (χ2n) is 7.49. The summed E-state index contributed by atoms with van der Waals surface area (Å²) in [5.74, 6) is 0.966. The third kappa shape index (κ3) is 5.53. The number of carbonyl (C=O) groups is 1. The highest BCUT2D eigenvalue weighted by Gasteiger charge is 2.19. The highest BCUT2D eigenvalue weighted by molar-refractivity contribution is 5.78. The maximum Gasteiger partial charge on any atom is 0.219 e. The molecule has 0 unspecified atom stereocenters. The second kappa shape index (κ2) is 9.67. The average Bonchev–Trinajstić information content (AvgIpc) is 2.67. The number of nitrogens with one attached hydrogen (secondary N) is 1. The van der Waals surface area contributed by atoms with Crippen LogP contribution < -0.4 is 5.32 Å². The van der Waals surface area contributed by atoms with Gasteiger partial charge in [-0.3, -0.25) is 14.7 Å². The van der Waals surface area contributed by atoms with Gasteiger partial charge in [0.15, 0.2) is 0 Å². The predicted octanol–water partition coefficient (Wildman–Crippen LogP) is 4.14. The number of hydrogen-bond donors (Lipinski definition) is 1. The Morgan fingerprint density at radius 1 is 1.27 bits per heavy atom. The highest BCUT2D eigenvalue weighted by atomic mass is 16.1. The van der Waals surface area contributed by atoms with Gasteiger partial charge in [-0.05, 0) is 68.5 Å². The summed E-state index contributed by atoms with van der Waals surface area (Å²) in [4.78, 5) is 18.6. The number of hydrogen-bond acceptors (Lipinski definition) is 3. The van der Waals surface area contributed by atoms with E-state index in [4.69, 9.17) is 0 Å². The number of likely N-dealkylation sites (tertiary alicyclic amines) is 1. The molecule has 2 heterocycles. The van der Waals surface area contributed by atoms with Crippen LogP contribution >= 0.6 is 0 Å². The number of nitrogens with zero attached hydrogens (tertiary/aromatic N) is 2. The van der Waals surface area contributed by atoms with Gasteiger partial charge in [0, 0.05) is 31.1 Å². The fourth-order valence-corrected chi connectivity index (χ4v) is 3.76. The van der Waals surface area contributed by atoms with E-state index in [1.807, 2.05) is 12.3 Å². The first-order chi connectivity index (χ1) is 12.7. The van der Waals surface area contributed by atoms with Crippen LogP contribution in [0.4, 0.5) is 0 Å². The van der Waals surface area contributed by atoms with Crippen molar-refractivity contribution in [2.24, 2.45) is 5.92 Å². The molecule has 1 amide bonds. The van der Waals surface area contributed by atoms with E-state index < -0.39 is 0 Å². The lowest BCUT2D eigenvalue weighted by Crippen LogP contribution is -2.34. The van der Waals surface area contributed by atoms with E-state index in [1.54, 1.807) is 0 Å². The molecule has 140 valence electrons. The number of aromatic nitrogens is 1. The fourth-order valence-electron chi connectivity index (χ4n) is 3.76. The van der Waals surface area contributed by atoms with E-state index in [0.717, 1.165) is 56.9 Å². The Balaban J connectivity index is 1.38. The number of piperidine rings is 1. The largest absolute Gasteiger partial charge is 0.356 e. The van der Waals surface area contributed by atoms with Gasteiger partial charge in [-0.25, -0.2) is 0 Å². The van der Waals surface area contributed by atoms with Gasteiger partial charge in [-0.15, -0.1) is 0 Å². The minimum absolute atomic E-state index is 0.218. The summed E-state index contributed by atoms with van der Waals surface area (Å²) in [5.41, 5.74) is 2.43. The molecule has 3 rings (SSSR count). The molecule has 4 nitrogen and oxygen atoms in total. The monoisotopic (exact) mass is 353 g/mol. The lowest BCUT2D eigenvalue weighted by molar-refractivity contribution is -0.121. The van der Waals surface area contributed by atoms with Crippen molar-refractivity contribution in [3.05, 3.63) is 42.1 Å². The molecule has 0 saturated carbocycles. The first-order valence-corrected chi connectivity index (χ1v) is 10.1.